The zero-order valence-corrected chi connectivity index (χ0v) is 10.4. The minimum absolute atomic E-state index is 0.0278. The highest BCUT2D eigenvalue weighted by Gasteiger charge is 2.23. The molecule has 0 unspecified atom stereocenters. The minimum atomic E-state index is -0.0278. The second kappa shape index (κ2) is 4.37. The van der Waals surface area contributed by atoms with Crippen LogP contribution in [0.2, 0.25) is 0 Å². The van der Waals surface area contributed by atoms with Gasteiger partial charge in [0.15, 0.2) is 0 Å². The van der Waals surface area contributed by atoms with Gasteiger partial charge in [-0.1, -0.05) is 0 Å². The molecular formula is C12H15NO2S. The van der Waals surface area contributed by atoms with Crippen molar-refractivity contribution in [2.45, 2.75) is 33.2 Å². The number of ketones is 1. The molecule has 0 atom stereocenters. The summed E-state index contributed by atoms with van der Waals surface area (Å²) in [7, 11) is 0. The molecule has 0 saturated carbocycles. The Bertz CT molecular complexity index is 417. The van der Waals surface area contributed by atoms with Crippen LogP contribution in [-0.4, -0.2) is 23.1 Å². The molecule has 0 bridgehead atoms. The number of carbonyl (C=O) groups excluding carboxylic acids is 2. The van der Waals surface area contributed by atoms with Gasteiger partial charge in [-0.15, -0.1) is 11.3 Å². The van der Waals surface area contributed by atoms with E-state index in [1.54, 1.807) is 16.2 Å². The van der Waals surface area contributed by atoms with Crippen LogP contribution in [0.25, 0.3) is 0 Å². The summed E-state index contributed by atoms with van der Waals surface area (Å²) in [5.74, 6) is 0.0414. The lowest BCUT2D eigenvalue weighted by Gasteiger charge is -2.25. The number of carbonyl (C=O) groups is 2. The molecule has 1 aromatic heterocycles. The molecule has 0 aliphatic carbocycles. The molecule has 1 aliphatic heterocycles. The Morgan fingerprint density at radius 3 is 2.69 bits per heavy atom. The van der Waals surface area contributed by atoms with Crippen molar-refractivity contribution in [2.75, 3.05) is 6.54 Å². The zero-order valence-electron chi connectivity index (χ0n) is 9.58. The Kier molecular flexibility index (Phi) is 3.10. The molecule has 2 heterocycles. The number of piperidine rings is 1. The van der Waals surface area contributed by atoms with E-state index in [1.807, 2.05) is 0 Å². The number of amides is 1. The highest BCUT2D eigenvalue weighted by molar-refractivity contribution is 7.12. The fourth-order valence-electron chi connectivity index (χ4n) is 1.84. The average Bonchev–Trinajstić information content (AvgIpc) is 2.51. The summed E-state index contributed by atoms with van der Waals surface area (Å²) in [5.41, 5.74) is 1.28. The van der Waals surface area contributed by atoms with E-state index < -0.39 is 0 Å². The molecule has 1 fully saturated rings. The molecule has 1 aromatic rings. The van der Waals surface area contributed by atoms with Gasteiger partial charge in [0, 0.05) is 22.7 Å². The number of nitrogens with zero attached hydrogens (tertiary/aromatic N) is 1. The summed E-state index contributed by atoms with van der Waals surface area (Å²) in [6, 6.07) is 2.13. The van der Waals surface area contributed by atoms with Gasteiger partial charge in [0.05, 0.1) is 13.0 Å². The summed E-state index contributed by atoms with van der Waals surface area (Å²) >= 11 is 1.73. The summed E-state index contributed by atoms with van der Waals surface area (Å²) in [5, 5.41) is 0. The highest BCUT2D eigenvalue weighted by atomic mass is 32.1. The van der Waals surface area contributed by atoms with E-state index in [0.29, 0.717) is 19.5 Å². The third-order valence-corrected chi connectivity index (χ3v) is 4.06. The van der Waals surface area contributed by atoms with Gasteiger partial charge in [0.2, 0.25) is 5.91 Å². The Hall–Kier alpha value is -1.16. The van der Waals surface area contributed by atoms with Gasteiger partial charge in [-0.2, -0.15) is 0 Å². The van der Waals surface area contributed by atoms with E-state index in [1.165, 1.54) is 15.3 Å². The first-order valence-corrected chi connectivity index (χ1v) is 6.23. The number of rotatable bonds is 2. The Morgan fingerprint density at radius 2 is 2.12 bits per heavy atom. The molecule has 1 amide bonds. The molecule has 16 heavy (non-hydrogen) atoms. The summed E-state index contributed by atoms with van der Waals surface area (Å²) in [6.45, 7) is 5.40. The normalized spacial score (nSPS) is 17.0. The Labute approximate surface area is 99.1 Å². The number of aryl methyl sites for hydroxylation is 2. The number of thiophene rings is 1. The first-order chi connectivity index (χ1) is 7.56. The maximum atomic E-state index is 11.6. The van der Waals surface area contributed by atoms with E-state index in [4.69, 9.17) is 0 Å². The molecule has 0 spiro atoms. The molecule has 4 heteroatoms. The fraction of sp³-hybridized carbons (Fsp3) is 0.500. The molecule has 3 nitrogen and oxygen atoms in total. The first kappa shape index (κ1) is 11.3. The van der Waals surface area contributed by atoms with Crippen molar-refractivity contribution in [2.24, 2.45) is 0 Å². The lowest BCUT2D eigenvalue weighted by molar-refractivity contribution is -0.139. The topological polar surface area (TPSA) is 37.4 Å². The second-order valence-electron chi connectivity index (χ2n) is 4.23. The first-order valence-electron chi connectivity index (χ1n) is 5.41. The molecule has 0 N–H and O–H groups in total. The minimum Gasteiger partial charge on any atom is -0.337 e. The van der Waals surface area contributed by atoms with Crippen LogP contribution in [-0.2, 0) is 16.1 Å². The van der Waals surface area contributed by atoms with Gasteiger partial charge < -0.3 is 4.90 Å². The van der Waals surface area contributed by atoms with Crippen LogP contribution < -0.4 is 0 Å². The van der Waals surface area contributed by atoms with Crippen molar-refractivity contribution in [3.63, 3.8) is 0 Å². The van der Waals surface area contributed by atoms with Gasteiger partial charge >= 0.3 is 0 Å². The van der Waals surface area contributed by atoms with E-state index >= 15 is 0 Å². The number of likely N-dealkylation sites (tertiary alicyclic amines) is 1. The molecule has 86 valence electrons. The molecule has 2 rings (SSSR count). The fourth-order valence-corrected chi connectivity index (χ4v) is 2.91. The smallest absolute Gasteiger partial charge is 0.230 e. The third kappa shape index (κ3) is 2.32. The van der Waals surface area contributed by atoms with Crippen molar-refractivity contribution in [3.05, 3.63) is 21.4 Å². The Morgan fingerprint density at radius 1 is 1.38 bits per heavy atom. The van der Waals surface area contributed by atoms with Gasteiger partial charge in [-0.05, 0) is 25.5 Å². The monoisotopic (exact) mass is 237 g/mol. The van der Waals surface area contributed by atoms with Crippen molar-refractivity contribution >= 4 is 23.0 Å². The lowest BCUT2D eigenvalue weighted by atomic mass is 10.1. The predicted octanol–water partition coefficient (Wildman–Crippen LogP) is 2.06. The summed E-state index contributed by atoms with van der Waals surface area (Å²) < 4.78 is 0. The van der Waals surface area contributed by atoms with E-state index in [2.05, 4.69) is 19.9 Å². The SMILES string of the molecule is Cc1cc(CN2CCC(=O)CC2=O)sc1C. The zero-order chi connectivity index (χ0) is 11.7. The Balaban J connectivity index is 2.04. The van der Waals surface area contributed by atoms with Gasteiger partial charge in [-0.3, -0.25) is 9.59 Å². The van der Waals surface area contributed by atoms with Crippen LogP contribution in [0.15, 0.2) is 6.07 Å². The van der Waals surface area contributed by atoms with Crippen molar-refractivity contribution in [1.29, 1.82) is 0 Å². The molecule has 0 aromatic carbocycles. The van der Waals surface area contributed by atoms with Crippen LogP contribution in [0.4, 0.5) is 0 Å². The van der Waals surface area contributed by atoms with Crippen LogP contribution >= 0.6 is 11.3 Å². The molecule has 0 radical (unpaired) electrons. The number of hydrogen-bond acceptors (Lipinski definition) is 3. The van der Waals surface area contributed by atoms with Gasteiger partial charge in [0.25, 0.3) is 0 Å². The summed E-state index contributed by atoms with van der Waals surface area (Å²) in [4.78, 5) is 27.0. The largest absolute Gasteiger partial charge is 0.337 e. The standard InChI is InChI=1S/C12H15NO2S/c1-8-5-11(16-9(8)2)7-13-4-3-10(14)6-12(13)15/h5H,3-4,6-7H2,1-2H3. The van der Waals surface area contributed by atoms with Crippen LogP contribution in [0.1, 0.15) is 28.2 Å². The van der Waals surface area contributed by atoms with Crippen LogP contribution in [0.5, 0.6) is 0 Å². The lowest BCUT2D eigenvalue weighted by Crippen LogP contribution is -2.38. The van der Waals surface area contributed by atoms with Gasteiger partial charge in [-0.25, -0.2) is 0 Å². The maximum Gasteiger partial charge on any atom is 0.230 e. The molecule has 1 saturated heterocycles. The predicted molar refractivity (Wildman–Crippen MR) is 63.5 cm³/mol. The van der Waals surface area contributed by atoms with E-state index in [0.717, 1.165) is 0 Å². The third-order valence-electron chi connectivity index (χ3n) is 2.93. The van der Waals surface area contributed by atoms with Gasteiger partial charge in [0.1, 0.15) is 5.78 Å². The maximum absolute atomic E-state index is 11.6. The molecular weight excluding hydrogens is 222 g/mol. The summed E-state index contributed by atoms with van der Waals surface area (Å²) in [6.07, 6.45) is 0.596. The van der Waals surface area contributed by atoms with E-state index in [-0.39, 0.29) is 18.1 Å². The number of Topliss-reactive ketones (excluding diaryl/α,β-unsaturated/α-hetero) is 1. The quantitative estimate of drug-likeness (QED) is 0.738. The van der Waals surface area contributed by atoms with Crippen LogP contribution in [0.3, 0.4) is 0 Å². The van der Waals surface area contributed by atoms with Crippen molar-refractivity contribution in [1.82, 2.24) is 4.90 Å². The van der Waals surface area contributed by atoms with Crippen molar-refractivity contribution < 1.29 is 9.59 Å². The van der Waals surface area contributed by atoms with E-state index in [9.17, 15) is 9.59 Å². The highest BCUT2D eigenvalue weighted by Crippen LogP contribution is 2.23. The number of hydrogen-bond donors (Lipinski definition) is 0. The van der Waals surface area contributed by atoms with Crippen molar-refractivity contribution in [3.8, 4) is 0 Å². The van der Waals surface area contributed by atoms with Crippen LogP contribution in [0, 0.1) is 13.8 Å². The molecule has 1 aliphatic rings. The average molecular weight is 237 g/mol. The second-order valence-corrected chi connectivity index (χ2v) is 5.57.